The molecular weight excluding hydrogens is 376 g/mol. The van der Waals surface area contributed by atoms with Gasteiger partial charge in [-0.05, 0) is 12.5 Å². The van der Waals surface area contributed by atoms with Crippen molar-refractivity contribution < 1.29 is 28.7 Å². The standard InChI is InChI=1S/C21H16N2O6/c24-16-9-8-15(23-16)21(28)29-10-17(25)22-14-7-3-6-13-18(14)20(27)12-5-2-1-4-11(12)19(13)26/h1-7,15H,8-10H2,(H,22,25)(H,23,24)/t15-/m0/s1. The predicted octanol–water partition coefficient (Wildman–Crippen LogP) is 1.22. The number of hydrogen-bond donors (Lipinski definition) is 2. The number of hydrogen-bond acceptors (Lipinski definition) is 6. The van der Waals surface area contributed by atoms with Crippen molar-refractivity contribution in [3.63, 3.8) is 0 Å². The lowest BCUT2D eigenvalue weighted by atomic mass is 9.83. The second kappa shape index (κ2) is 7.31. The molecule has 146 valence electrons. The van der Waals surface area contributed by atoms with Crippen LogP contribution >= 0.6 is 0 Å². The number of nitrogens with one attached hydrogen (secondary N) is 2. The van der Waals surface area contributed by atoms with Crippen LogP contribution in [0.4, 0.5) is 5.69 Å². The number of fused-ring (bicyclic) bond motifs is 2. The topological polar surface area (TPSA) is 119 Å². The van der Waals surface area contributed by atoms with Gasteiger partial charge in [-0.2, -0.15) is 0 Å². The fourth-order valence-corrected chi connectivity index (χ4v) is 3.46. The van der Waals surface area contributed by atoms with Crippen LogP contribution in [0.2, 0.25) is 0 Å². The Morgan fingerprint density at radius 2 is 1.66 bits per heavy atom. The first kappa shape index (κ1) is 18.5. The van der Waals surface area contributed by atoms with Crippen molar-refractivity contribution in [2.45, 2.75) is 18.9 Å². The SMILES string of the molecule is O=C(COC(=O)[C@@H]1CCC(=O)N1)Nc1cccc2c1C(=O)c1ccccc1C2=O. The average molecular weight is 392 g/mol. The number of ketones is 2. The van der Waals surface area contributed by atoms with Crippen molar-refractivity contribution >= 4 is 35.0 Å². The van der Waals surface area contributed by atoms with Crippen molar-refractivity contribution in [1.82, 2.24) is 5.32 Å². The molecule has 8 heteroatoms. The smallest absolute Gasteiger partial charge is 0.329 e. The van der Waals surface area contributed by atoms with Gasteiger partial charge in [-0.25, -0.2) is 4.79 Å². The highest BCUT2D eigenvalue weighted by Crippen LogP contribution is 2.31. The van der Waals surface area contributed by atoms with Crippen LogP contribution in [0.25, 0.3) is 0 Å². The molecule has 2 amide bonds. The van der Waals surface area contributed by atoms with Crippen LogP contribution in [0.3, 0.4) is 0 Å². The van der Waals surface area contributed by atoms with E-state index in [1.54, 1.807) is 30.3 Å². The molecule has 2 aromatic carbocycles. The van der Waals surface area contributed by atoms with E-state index in [0.29, 0.717) is 12.0 Å². The highest BCUT2D eigenvalue weighted by Gasteiger charge is 2.32. The van der Waals surface area contributed by atoms with E-state index in [1.807, 2.05) is 0 Å². The first-order valence-electron chi connectivity index (χ1n) is 9.03. The third kappa shape index (κ3) is 3.40. The van der Waals surface area contributed by atoms with E-state index in [2.05, 4.69) is 10.6 Å². The summed E-state index contributed by atoms with van der Waals surface area (Å²) in [6.45, 7) is -0.576. The van der Waals surface area contributed by atoms with E-state index < -0.39 is 24.5 Å². The molecule has 0 spiro atoms. The van der Waals surface area contributed by atoms with Crippen molar-refractivity contribution in [3.05, 3.63) is 64.7 Å². The summed E-state index contributed by atoms with van der Waals surface area (Å²) in [6, 6.07) is 10.3. The summed E-state index contributed by atoms with van der Waals surface area (Å²) in [6.07, 6.45) is 0.557. The number of anilines is 1. The zero-order valence-corrected chi connectivity index (χ0v) is 15.2. The van der Waals surface area contributed by atoms with Gasteiger partial charge in [-0.3, -0.25) is 19.2 Å². The molecule has 0 saturated carbocycles. The summed E-state index contributed by atoms with van der Waals surface area (Å²) in [5.74, 6) is -2.25. The van der Waals surface area contributed by atoms with Gasteiger partial charge in [0.15, 0.2) is 18.2 Å². The largest absolute Gasteiger partial charge is 0.454 e. The Morgan fingerprint density at radius 1 is 0.966 bits per heavy atom. The van der Waals surface area contributed by atoms with Gasteiger partial charge in [0, 0.05) is 23.1 Å². The van der Waals surface area contributed by atoms with Gasteiger partial charge >= 0.3 is 5.97 Å². The molecule has 2 aromatic rings. The van der Waals surface area contributed by atoms with E-state index in [-0.39, 0.29) is 46.3 Å². The molecule has 29 heavy (non-hydrogen) atoms. The van der Waals surface area contributed by atoms with E-state index in [0.717, 1.165) is 0 Å². The lowest BCUT2D eigenvalue weighted by molar-refractivity contribution is -0.149. The summed E-state index contributed by atoms with van der Waals surface area (Å²) in [7, 11) is 0. The van der Waals surface area contributed by atoms with Crippen LogP contribution in [-0.2, 0) is 19.1 Å². The normalized spacial score (nSPS) is 17.2. The van der Waals surface area contributed by atoms with Crippen LogP contribution in [-0.4, -0.2) is 42.0 Å². The lowest BCUT2D eigenvalue weighted by Crippen LogP contribution is -2.36. The van der Waals surface area contributed by atoms with Gasteiger partial charge in [0.1, 0.15) is 6.04 Å². The van der Waals surface area contributed by atoms with Gasteiger partial charge in [-0.1, -0.05) is 36.4 Å². The van der Waals surface area contributed by atoms with E-state index in [4.69, 9.17) is 4.74 Å². The summed E-state index contributed by atoms with van der Waals surface area (Å²) in [5.41, 5.74) is 1.08. The minimum absolute atomic E-state index is 0.110. The zero-order valence-electron chi connectivity index (χ0n) is 15.2. The maximum Gasteiger partial charge on any atom is 0.329 e. The van der Waals surface area contributed by atoms with Crippen LogP contribution in [0, 0.1) is 0 Å². The Bertz CT molecular complexity index is 1070. The molecule has 4 rings (SSSR count). The molecule has 1 fully saturated rings. The summed E-state index contributed by atoms with van der Waals surface area (Å²) in [4.78, 5) is 60.9. The number of carbonyl (C=O) groups excluding carboxylic acids is 5. The minimum atomic E-state index is -0.754. The summed E-state index contributed by atoms with van der Waals surface area (Å²) in [5, 5.41) is 4.99. The molecule has 0 bridgehead atoms. The molecule has 1 aliphatic carbocycles. The molecule has 0 aromatic heterocycles. The molecule has 1 atom stereocenters. The molecule has 8 nitrogen and oxygen atoms in total. The van der Waals surface area contributed by atoms with Gasteiger partial charge in [0.25, 0.3) is 5.91 Å². The van der Waals surface area contributed by atoms with Crippen LogP contribution in [0.5, 0.6) is 0 Å². The summed E-state index contributed by atoms with van der Waals surface area (Å²) < 4.78 is 4.94. The first-order chi connectivity index (χ1) is 14.0. The van der Waals surface area contributed by atoms with Gasteiger partial charge < -0.3 is 15.4 Å². The third-order valence-electron chi connectivity index (χ3n) is 4.85. The van der Waals surface area contributed by atoms with Gasteiger partial charge in [0.2, 0.25) is 5.91 Å². The first-order valence-corrected chi connectivity index (χ1v) is 9.03. The maximum absolute atomic E-state index is 12.9. The maximum atomic E-state index is 12.9. The molecule has 1 saturated heterocycles. The molecular formula is C21H16N2O6. The number of benzene rings is 2. The van der Waals surface area contributed by atoms with Gasteiger partial charge in [-0.15, -0.1) is 0 Å². The van der Waals surface area contributed by atoms with Crippen LogP contribution < -0.4 is 10.6 Å². The van der Waals surface area contributed by atoms with Crippen molar-refractivity contribution in [2.24, 2.45) is 0 Å². The number of ether oxygens (including phenoxy) is 1. The Balaban J connectivity index is 1.50. The van der Waals surface area contributed by atoms with E-state index in [9.17, 15) is 24.0 Å². The second-order valence-electron chi connectivity index (χ2n) is 6.75. The predicted molar refractivity (Wildman–Crippen MR) is 101 cm³/mol. The lowest BCUT2D eigenvalue weighted by Gasteiger charge is -2.20. The molecule has 0 unspecified atom stereocenters. The Morgan fingerprint density at radius 3 is 2.34 bits per heavy atom. The van der Waals surface area contributed by atoms with E-state index in [1.165, 1.54) is 12.1 Å². The Labute approximate surface area is 165 Å². The van der Waals surface area contributed by atoms with E-state index >= 15 is 0 Å². The Hall–Kier alpha value is -3.81. The van der Waals surface area contributed by atoms with Crippen LogP contribution in [0.15, 0.2) is 42.5 Å². The number of rotatable bonds is 4. The molecule has 1 aliphatic heterocycles. The average Bonchev–Trinajstić information content (AvgIpc) is 3.16. The molecule has 0 radical (unpaired) electrons. The number of carbonyl (C=O) groups is 5. The molecule has 1 heterocycles. The Kier molecular flexibility index (Phi) is 4.67. The van der Waals surface area contributed by atoms with Crippen molar-refractivity contribution in [3.8, 4) is 0 Å². The van der Waals surface area contributed by atoms with Gasteiger partial charge in [0.05, 0.1) is 11.3 Å². The summed E-state index contributed by atoms with van der Waals surface area (Å²) >= 11 is 0. The zero-order chi connectivity index (χ0) is 20.5. The number of esters is 1. The van der Waals surface area contributed by atoms with Crippen molar-refractivity contribution in [1.29, 1.82) is 0 Å². The fourth-order valence-electron chi connectivity index (χ4n) is 3.46. The quantitative estimate of drug-likeness (QED) is 0.645. The number of amides is 2. The third-order valence-corrected chi connectivity index (χ3v) is 4.85. The molecule has 2 aliphatic rings. The highest BCUT2D eigenvalue weighted by atomic mass is 16.5. The second-order valence-corrected chi connectivity index (χ2v) is 6.75. The van der Waals surface area contributed by atoms with Crippen LogP contribution in [0.1, 0.15) is 44.7 Å². The fraction of sp³-hybridized carbons (Fsp3) is 0.190. The minimum Gasteiger partial charge on any atom is -0.454 e. The molecule has 2 N–H and O–H groups in total. The highest BCUT2D eigenvalue weighted by molar-refractivity contribution is 6.30. The monoisotopic (exact) mass is 392 g/mol. The van der Waals surface area contributed by atoms with Crippen molar-refractivity contribution in [2.75, 3.05) is 11.9 Å².